The highest BCUT2D eigenvalue weighted by atomic mass is 16.5. The fourth-order valence-corrected chi connectivity index (χ4v) is 1.83. The number of carboxylic acid groups (broad SMARTS) is 1. The van der Waals surface area contributed by atoms with Crippen LogP contribution in [0.15, 0.2) is 24.3 Å². The standard InChI is InChI=1S/C15H22N2O4/c1-4-10(3)13(14(18)19)17-15(20)16-11-8-6-7-9-12(11)21-5-2/h6-10,13H,4-5H2,1-3H3,(H,18,19)(H2,16,17,20)/t10-,13-/m0/s1. The molecule has 0 fully saturated rings. The first kappa shape index (κ1) is 16.8. The van der Waals surface area contributed by atoms with Crippen molar-refractivity contribution < 1.29 is 19.4 Å². The van der Waals surface area contributed by atoms with E-state index in [-0.39, 0.29) is 5.92 Å². The van der Waals surface area contributed by atoms with Crippen LogP contribution in [0.25, 0.3) is 0 Å². The predicted molar refractivity (Wildman–Crippen MR) is 80.6 cm³/mol. The minimum Gasteiger partial charge on any atom is -0.492 e. The molecule has 0 radical (unpaired) electrons. The maximum absolute atomic E-state index is 12.0. The van der Waals surface area contributed by atoms with Gasteiger partial charge in [0.25, 0.3) is 0 Å². The number of amides is 2. The first-order valence-electron chi connectivity index (χ1n) is 7.01. The minimum atomic E-state index is -1.04. The van der Waals surface area contributed by atoms with Gasteiger partial charge >= 0.3 is 12.0 Å². The molecule has 2 amide bonds. The quantitative estimate of drug-likeness (QED) is 0.721. The van der Waals surface area contributed by atoms with E-state index < -0.39 is 18.0 Å². The van der Waals surface area contributed by atoms with Gasteiger partial charge in [0.2, 0.25) is 0 Å². The van der Waals surface area contributed by atoms with Gasteiger partial charge in [-0.05, 0) is 25.0 Å². The average molecular weight is 294 g/mol. The Balaban J connectivity index is 2.74. The minimum absolute atomic E-state index is 0.157. The van der Waals surface area contributed by atoms with Crippen molar-refractivity contribution in [2.24, 2.45) is 5.92 Å². The van der Waals surface area contributed by atoms with Crippen LogP contribution in [0, 0.1) is 5.92 Å². The Kier molecular flexibility index (Phi) is 6.52. The third-order valence-electron chi connectivity index (χ3n) is 3.20. The topological polar surface area (TPSA) is 87.7 Å². The molecule has 0 unspecified atom stereocenters. The number of urea groups is 1. The molecule has 0 aliphatic rings. The van der Waals surface area contributed by atoms with Gasteiger partial charge in [-0.1, -0.05) is 32.4 Å². The largest absolute Gasteiger partial charge is 0.492 e. The van der Waals surface area contributed by atoms with Crippen LogP contribution in [0.2, 0.25) is 0 Å². The molecule has 0 bridgehead atoms. The third-order valence-corrected chi connectivity index (χ3v) is 3.20. The van der Waals surface area contributed by atoms with Crippen LogP contribution < -0.4 is 15.4 Å². The first-order valence-corrected chi connectivity index (χ1v) is 7.01. The van der Waals surface area contributed by atoms with Gasteiger partial charge < -0.3 is 20.5 Å². The molecule has 6 heteroatoms. The number of carboxylic acids is 1. The second-order valence-electron chi connectivity index (χ2n) is 4.73. The summed E-state index contributed by atoms with van der Waals surface area (Å²) in [5.41, 5.74) is 0.505. The van der Waals surface area contributed by atoms with Gasteiger partial charge in [-0.3, -0.25) is 0 Å². The number of para-hydroxylation sites is 2. The van der Waals surface area contributed by atoms with E-state index >= 15 is 0 Å². The van der Waals surface area contributed by atoms with Gasteiger partial charge in [-0.25, -0.2) is 9.59 Å². The van der Waals surface area contributed by atoms with Crippen LogP contribution in [0.3, 0.4) is 0 Å². The number of nitrogens with one attached hydrogen (secondary N) is 2. The average Bonchev–Trinajstić information content (AvgIpc) is 2.46. The smallest absolute Gasteiger partial charge is 0.326 e. The monoisotopic (exact) mass is 294 g/mol. The van der Waals surface area contributed by atoms with Crippen LogP contribution >= 0.6 is 0 Å². The molecule has 0 saturated carbocycles. The summed E-state index contributed by atoms with van der Waals surface area (Å²) in [7, 11) is 0. The second-order valence-corrected chi connectivity index (χ2v) is 4.73. The number of rotatable bonds is 7. The zero-order chi connectivity index (χ0) is 15.8. The van der Waals surface area contributed by atoms with Crippen LogP contribution in [0.1, 0.15) is 27.2 Å². The molecule has 1 aromatic rings. The summed E-state index contributed by atoms with van der Waals surface area (Å²) in [5.74, 6) is -0.654. The molecule has 3 N–H and O–H groups in total. The van der Waals surface area contributed by atoms with Crippen molar-refractivity contribution in [3.05, 3.63) is 24.3 Å². The van der Waals surface area contributed by atoms with E-state index in [2.05, 4.69) is 10.6 Å². The van der Waals surface area contributed by atoms with Crippen molar-refractivity contribution in [3.63, 3.8) is 0 Å². The van der Waals surface area contributed by atoms with Gasteiger partial charge in [0.15, 0.2) is 0 Å². The van der Waals surface area contributed by atoms with Crippen molar-refractivity contribution >= 4 is 17.7 Å². The highest BCUT2D eigenvalue weighted by Gasteiger charge is 2.25. The number of carbonyl (C=O) groups is 2. The summed E-state index contributed by atoms with van der Waals surface area (Å²) in [5, 5.41) is 14.3. The van der Waals surface area contributed by atoms with E-state index in [1.165, 1.54) is 0 Å². The zero-order valence-corrected chi connectivity index (χ0v) is 12.6. The molecule has 116 valence electrons. The number of anilines is 1. The van der Waals surface area contributed by atoms with Crippen molar-refractivity contribution in [1.82, 2.24) is 5.32 Å². The van der Waals surface area contributed by atoms with E-state index in [4.69, 9.17) is 9.84 Å². The summed E-state index contributed by atoms with van der Waals surface area (Å²) in [6.45, 7) is 5.99. The van der Waals surface area contributed by atoms with Crippen LogP contribution in [0.4, 0.5) is 10.5 Å². The van der Waals surface area contributed by atoms with Crippen molar-refractivity contribution in [2.45, 2.75) is 33.2 Å². The van der Waals surface area contributed by atoms with Crippen molar-refractivity contribution in [2.75, 3.05) is 11.9 Å². The maximum atomic E-state index is 12.0. The number of ether oxygens (including phenoxy) is 1. The number of benzene rings is 1. The number of aliphatic carboxylic acids is 1. The van der Waals surface area contributed by atoms with Crippen LogP contribution in [-0.4, -0.2) is 29.8 Å². The fourth-order valence-electron chi connectivity index (χ4n) is 1.83. The molecule has 1 aromatic carbocycles. The number of hydrogen-bond acceptors (Lipinski definition) is 3. The van der Waals surface area contributed by atoms with Gasteiger partial charge in [-0.15, -0.1) is 0 Å². The Morgan fingerprint density at radius 2 is 1.95 bits per heavy atom. The predicted octanol–water partition coefficient (Wildman–Crippen LogP) is 2.71. The lowest BCUT2D eigenvalue weighted by molar-refractivity contribution is -0.140. The molecular formula is C15H22N2O4. The summed E-state index contributed by atoms with van der Waals surface area (Å²) in [6.07, 6.45) is 0.660. The van der Waals surface area contributed by atoms with Crippen LogP contribution in [-0.2, 0) is 4.79 Å². The second kappa shape index (κ2) is 8.14. The summed E-state index contributed by atoms with van der Waals surface area (Å²) in [6, 6.07) is 5.52. The Morgan fingerprint density at radius 1 is 1.29 bits per heavy atom. The summed E-state index contributed by atoms with van der Waals surface area (Å²) < 4.78 is 5.40. The molecule has 1 rings (SSSR count). The summed E-state index contributed by atoms with van der Waals surface area (Å²) >= 11 is 0. The third kappa shape index (κ3) is 4.98. The van der Waals surface area contributed by atoms with Gasteiger partial charge in [0.1, 0.15) is 11.8 Å². The van der Waals surface area contributed by atoms with Gasteiger partial charge in [0, 0.05) is 0 Å². The zero-order valence-electron chi connectivity index (χ0n) is 12.6. The first-order chi connectivity index (χ1) is 9.99. The molecule has 2 atom stereocenters. The maximum Gasteiger partial charge on any atom is 0.326 e. The van der Waals surface area contributed by atoms with E-state index in [0.29, 0.717) is 24.5 Å². The van der Waals surface area contributed by atoms with E-state index in [0.717, 1.165) is 0 Å². The highest BCUT2D eigenvalue weighted by molar-refractivity contribution is 5.93. The molecule has 0 saturated heterocycles. The molecule has 21 heavy (non-hydrogen) atoms. The van der Waals surface area contributed by atoms with Crippen LogP contribution in [0.5, 0.6) is 5.75 Å². The lowest BCUT2D eigenvalue weighted by Crippen LogP contribution is -2.46. The Labute approximate surface area is 124 Å². The number of hydrogen-bond donors (Lipinski definition) is 3. The van der Waals surface area contributed by atoms with E-state index in [1.54, 1.807) is 31.2 Å². The molecule has 0 aromatic heterocycles. The molecule has 0 spiro atoms. The number of carbonyl (C=O) groups excluding carboxylic acids is 1. The fraction of sp³-hybridized carbons (Fsp3) is 0.467. The van der Waals surface area contributed by atoms with Gasteiger partial charge in [-0.2, -0.15) is 0 Å². The Bertz CT molecular complexity index is 490. The van der Waals surface area contributed by atoms with E-state index in [1.807, 2.05) is 13.8 Å². The molecular weight excluding hydrogens is 272 g/mol. The Morgan fingerprint density at radius 3 is 2.52 bits per heavy atom. The molecule has 6 nitrogen and oxygen atoms in total. The molecule has 0 heterocycles. The normalized spacial score (nSPS) is 13.1. The lowest BCUT2D eigenvalue weighted by atomic mass is 9.99. The Hall–Kier alpha value is -2.24. The molecule has 0 aliphatic carbocycles. The SMILES string of the molecule is CCOc1ccccc1NC(=O)N[C@H](C(=O)O)[C@@H](C)CC. The highest BCUT2D eigenvalue weighted by Crippen LogP contribution is 2.23. The summed E-state index contributed by atoms with van der Waals surface area (Å²) in [4.78, 5) is 23.2. The van der Waals surface area contributed by atoms with E-state index in [9.17, 15) is 9.59 Å². The van der Waals surface area contributed by atoms with Crippen molar-refractivity contribution in [3.8, 4) is 5.75 Å². The lowest BCUT2D eigenvalue weighted by Gasteiger charge is -2.20. The van der Waals surface area contributed by atoms with Gasteiger partial charge in [0.05, 0.1) is 12.3 Å². The van der Waals surface area contributed by atoms with Crippen molar-refractivity contribution in [1.29, 1.82) is 0 Å². The molecule has 0 aliphatic heterocycles.